The Balaban J connectivity index is 1.87. The number of benzene rings is 2. The number of para-hydroxylation sites is 1. The molecule has 0 N–H and O–H groups in total. The van der Waals surface area contributed by atoms with E-state index in [1.807, 2.05) is 0 Å². The molecule has 2 aromatic rings. The van der Waals surface area contributed by atoms with E-state index >= 15 is 0 Å². The number of alkyl halides is 3. The Morgan fingerprint density at radius 2 is 1.74 bits per heavy atom. The second kappa shape index (κ2) is 6.24. The summed E-state index contributed by atoms with van der Waals surface area (Å²) in [5.74, 6) is -0.509. The highest BCUT2D eigenvalue weighted by Crippen LogP contribution is 2.56. The van der Waals surface area contributed by atoms with Gasteiger partial charge in [-0.15, -0.1) is 0 Å². The minimum Gasteiger partial charge on any atom is -0.368 e. The molecule has 0 bridgehead atoms. The monoisotopic (exact) mass is 397 g/mol. The maximum absolute atomic E-state index is 14.2. The highest BCUT2D eigenvalue weighted by molar-refractivity contribution is 7.92. The fourth-order valence-electron chi connectivity index (χ4n) is 4.15. The summed E-state index contributed by atoms with van der Waals surface area (Å²) in [6.45, 7) is 0.174. The third kappa shape index (κ3) is 2.91. The zero-order chi connectivity index (χ0) is 19.3. The molecule has 2 aliphatic rings. The third-order valence-corrected chi connectivity index (χ3v) is 6.83. The van der Waals surface area contributed by atoms with Crippen molar-refractivity contribution in [2.24, 2.45) is 0 Å². The van der Waals surface area contributed by atoms with Gasteiger partial charge in [0.05, 0.1) is 11.4 Å². The maximum Gasteiger partial charge on any atom is 0.413 e. The van der Waals surface area contributed by atoms with Crippen LogP contribution in [0.4, 0.5) is 18.9 Å². The van der Waals surface area contributed by atoms with Gasteiger partial charge in [-0.1, -0.05) is 48.5 Å². The molecule has 2 atom stereocenters. The van der Waals surface area contributed by atoms with Crippen LogP contribution in [0.3, 0.4) is 0 Å². The first kappa shape index (κ1) is 18.3. The molecule has 4 nitrogen and oxygen atoms in total. The Morgan fingerprint density at radius 3 is 2.37 bits per heavy atom. The summed E-state index contributed by atoms with van der Waals surface area (Å²) in [4.78, 5) is 0. The van der Waals surface area contributed by atoms with Gasteiger partial charge in [-0.3, -0.25) is 4.31 Å². The molecule has 0 amide bonds. The molecule has 1 saturated heterocycles. The minimum absolute atomic E-state index is 0.0534. The molecule has 144 valence electrons. The lowest BCUT2D eigenvalue weighted by Crippen LogP contribution is -2.55. The lowest BCUT2D eigenvalue weighted by atomic mass is 9.86. The summed E-state index contributed by atoms with van der Waals surface area (Å²) in [5.41, 5.74) is -0.901. The summed E-state index contributed by atoms with van der Waals surface area (Å²) < 4.78 is 74.9. The van der Waals surface area contributed by atoms with Crippen LogP contribution >= 0.6 is 0 Å². The molecule has 0 radical (unpaired) electrons. The molecule has 2 heterocycles. The van der Waals surface area contributed by atoms with Crippen molar-refractivity contribution in [3.05, 3.63) is 65.7 Å². The highest BCUT2D eigenvalue weighted by Gasteiger charge is 2.66. The van der Waals surface area contributed by atoms with Crippen LogP contribution in [0.1, 0.15) is 24.0 Å². The van der Waals surface area contributed by atoms with Crippen molar-refractivity contribution in [1.82, 2.24) is 0 Å². The minimum atomic E-state index is -4.77. The van der Waals surface area contributed by atoms with Crippen molar-refractivity contribution < 1.29 is 26.3 Å². The van der Waals surface area contributed by atoms with Crippen LogP contribution in [0.2, 0.25) is 0 Å². The number of rotatable bonds is 3. The average molecular weight is 397 g/mol. The molecule has 8 heteroatoms. The Kier molecular flexibility index (Phi) is 4.23. The molecule has 0 saturated carbocycles. The zero-order valence-electron chi connectivity index (χ0n) is 14.3. The smallest absolute Gasteiger partial charge is 0.368 e. The van der Waals surface area contributed by atoms with E-state index < -0.39 is 33.6 Å². The summed E-state index contributed by atoms with van der Waals surface area (Å²) in [7, 11) is -4.29. The zero-order valence-corrected chi connectivity index (χ0v) is 15.1. The molecule has 27 heavy (non-hydrogen) atoms. The quantitative estimate of drug-likeness (QED) is 0.787. The van der Waals surface area contributed by atoms with E-state index in [9.17, 15) is 21.6 Å². The van der Waals surface area contributed by atoms with Crippen LogP contribution < -0.4 is 4.31 Å². The highest BCUT2D eigenvalue weighted by atomic mass is 32.2. The molecular formula is C19H18F3NO3S. The van der Waals surface area contributed by atoms with E-state index in [2.05, 4.69) is 0 Å². The van der Waals surface area contributed by atoms with Gasteiger partial charge in [-0.2, -0.15) is 13.2 Å². The Labute approximate surface area is 155 Å². The van der Waals surface area contributed by atoms with Gasteiger partial charge in [0.25, 0.3) is 0 Å². The fraction of sp³-hybridized carbons (Fsp3) is 0.368. The van der Waals surface area contributed by atoms with Crippen LogP contribution in [0.5, 0.6) is 0 Å². The second-order valence-corrected chi connectivity index (χ2v) is 8.69. The van der Waals surface area contributed by atoms with E-state index in [0.29, 0.717) is 21.9 Å². The van der Waals surface area contributed by atoms with Crippen molar-refractivity contribution in [2.75, 3.05) is 10.9 Å². The van der Waals surface area contributed by atoms with Crippen molar-refractivity contribution in [3.63, 3.8) is 0 Å². The van der Waals surface area contributed by atoms with Crippen molar-refractivity contribution >= 4 is 15.7 Å². The number of anilines is 1. The average Bonchev–Trinajstić information content (AvgIpc) is 3.20. The van der Waals surface area contributed by atoms with Gasteiger partial charge in [0, 0.05) is 12.2 Å². The van der Waals surface area contributed by atoms with E-state index in [1.54, 1.807) is 42.5 Å². The van der Waals surface area contributed by atoms with Crippen molar-refractivity contribution in [3.8, 4) is 0 Å². The predicted octanol–water partition coefficient (Wildman–Crippen LogP) is 3.97. The Hall–Kier alpha value is -2.06. The van der Waals surface area contributed by atoms with Gasteiger partial charge in [-0.05, 0) is 24.5 Å². The Morgan fingerprint density at radius 1 is 1.07 bits per heavy atom. The fourth-order valence-corrected chi connectivity index (χ4v) is 5.97. The molecule has 4 rings (SSSR count). The topological polar surface area (TPSA) is 46.6 Å². The molecular weight excluding hydrogens is 379 g/mol. The van der Waals surface area contributed by atoms with Crippen LogP contribution in [0.25, 0.3) is 0 Å². The van der Waals surface area contributed by atoms with E-state index in [-0.39, 0.29) is 18.7 Å². The van der Waals surface area contributed by atoms with Gasteiger partial charge in [0.2, 0.25) is 10.0 Å². The first-order valence-corrected chi connectivity index (χ1v) is 10.2. The molecule has 2 aliphatic heterocycles. The summed E-state index contributed by atoms with van der Waals surface area (Å²) >= 11 is 0. The largest absolute Gasteiger partial charge is 0.413 e. The van der Waals surface area contributed by atoms with Crippen LogP contribution in [-0.4, -0.2) is 27.2 Å². The summed E-state index contributed by atoms with van der Waals surface area (Å²) in [6, 6.07) is 12.1. The van der Waals surface area contributed by atoms with Crippen molar-refractivity contribution in [1.29, 1.82) is 0 Å². The number of hydrogen-bond acceptors (Lipinski definition) is 3. The van der Waals surface area contributed by atoms with Gasteiger partial charge >= 0.3 is 6.18 Å². The number of fused-ring (bicyclic) bond motifs is 2. The van der Waals surface area contributed by atoms with Crippen LogP contribution in [0, 0.1) is 0 Å². The van der Waals surface area contributed by atoms with Gasteiger partial charge in [-0.25, -0.2) is 8.42 Å². The molecule has 2 unspecified atom stereocenters. The van der Waals surface area contributed by atoms with Gasteiger partial charge in [0.1, 0.15) is 5.60 Å². The molecule has 2 aromatic carbocycles. The maximum atomic E-state index is 14.2. The van der Waals surface area contributed by atoms with Crippen LogP contribution in [-0.2, 0) is 26.1 Å². The number of halogens is 3. The Bertz CT molecular complexity index is 938. The van der Waals surface area contributed by atoms with Gasteiger partial charge in [0.15, 0.2) is 6.04 Å². The number of hydrogen-bond donors (Lipinski definition) is 0. The molecule has 1 spiro atoms. The lowest BCUT2D eigenvalue weighted by Gasteiger charge is -2.36. The first-order valence-electron chi connectivity index (χ1n) is 8.62. The van der Waals surface area contributed by atoms with Crippen LogP contribution in [0.15, 0.2) is 54.6 Å². The van der Waals surface area contributed by atoms with Gasteiger partial charge < -0.3 is 4.74 Å². The molecule has 0 aliphatic carbocycles. The summed E-state index contributed by atoms with van der Waals surface area (Å²) in [6.07, 6.45) is -4.19. The normalized spacial score (nSPS) is 25.1. The number of ether oxygens (including phenoxy) is 1. The number of nitrogens with zero attached hydrogens (tertiary/aromatic N) is 1. The second-order valence-electron chi connectivity index (χ2n) is 6.84. The predicted molar refractivity (Wildman–Crippen MR) is 94.7 cm³/mol. The summed E-state index contributed by atoms with van der Waals surface area (Å²) in [5, 5.41) is 0. The van der Waals surface area contributed by atoms with E-state index in [0.717, 1.165) is 0 Å². The van der Waals surface area contributed by atoms with E-state index in [1.165, 1.54) is 12.1 Å². The van der Waals surface area contributed by atoms with Crippen molar-refractivity contribution in [2.45, 2.75) is 36.4 Å². The molecule has 1 fully saturated rings. The third-order valence-electron chi connectivity index (χ3n) is 5.13. The molecule has 0 aromatic heterocycles. The number of sulfonamides is 1. The standard InChI is InChI=1S/C19H18F3NO3S/c20-19(21,22)17-18(11-6-12-26-18)15-9-4-5-10-16(15)23(17)27(24,25)13-14-7-2-1-3-8-14/h1-5,7-10,17H,6,11-13H2. The SMILES string of the molecule is O=S(=O)(Cc1ccccc1)N1c2ccccc2C2(CCCO2)C1C(F)(F)F. The van der Waals surface area contributed by atoms with E-state index in [4.69, 9.17) is 4.74 Å². The first-order chi connectivity index (χ1) is 12.8. The lowest BCUT2D eigenvalue weighted by molar-refractivity contribution is -0.192.